The van der Waals surface area contributed by atoms with E-state index < -0.39 is 0 Å². The van der Waals surface area contributed by atoms with Crippen LogP contribution in [0.5, 0.6) is 0 Å². The Morgan fingerprint density at radius 3 is 3.00 bits per heavy atom. The molecule has 0 aliphatic carbocycles. The van der Waals surface area contributed by atoms with E-state index in [1.165, 1.54) is 21.9 Å². The Bertz CT molecular complexity index is 695. The van der Waals surface area contributed by atoms with Crippen LogP contribution in [0.3, 0.4) is 0 Å². The van der Waals surface area contributed by atoms with Gasteiger partial charge >= 0.3 is 0 Å². The Labute approximate surface area is 93.2 Å². The Balaban J connectivity index is 2.14. The number of rotatable bonds is 0. The Morgan fingerprint density at radius 2 is 2.00 bits per heavy atom. The topological polar surface area (TPSA) is 17.8 Å². The summed E-state index contributed by atoms with van der Waals surface area (Å²) in [7, 11) is 0. The highest BCUT2D eigenvalue weighted by atomic mass is 15.1. The largest absolute Gasteiger partial charge is 0.327 e. The molecular weight excluding hydrogens is 196 g/mol. The Hall–Kier alpha value is -2.09. The molecule has 0 amide bonds. The van der Waals surface area contributed by atoms with E-state index in [0.29, 0.717) is 0 Å². The molecule has 1 aliphatic rings. The smallest absolute Gasteiger partial charge is 0.140 e. The van der Waals surface area contributed by atoms with Crippen LogP contribution in [0.4, 0.5) is 0 Å². The van der Waals surface area contributed by atoms with Gasteiger partial charge in [-0.1, -0.05) is 36.4 Å². The van der Waals surface area contributed by atoms with Gasteiger partial charge in [0.05, 0.1) is 6.54 Å². The van der Waals surface area contributed by atoms with Crippen molar-refractivity contribution in [3.63, 3.8) is 0 Å². The van der Waals surface area contributed by atoms with E-state index >= 15 is 0 Å². The van der Waals surface area contributed by atoms with Gasteiger partial charge in [0.15, 0.2) is 0 Å². The van der Waals surface area contributed by atoms with Gasteiger partial charge in [0.2, 0.25) is 0 Å². The lowest BCUT2D eigenvalue weighted by Crippen LogP contribution is -1.90. The van der Waals surface area contributed by atoms with Crippen LogP contribution in [-0.4, -0.2) is 9.55 Å². The maximum Gasteiger partial charge on any atom is 0.140 e. The number of imidazole rings is 1. The number of hydrogen-bond acceptors (Lipinski definition) is 1. The fourth-order valence-corrected chi connectivity index (χ4v) is 2.57. The normalized spacial score (nSPS) is 12.8. The van der Waals surface area contributed by atoms with Crippen molar-refractivity contribution in [2.75, 3.05) is 0 Å². The molecule has 2 aromatic carbocycles. The molecule has 0 N–H and O–H groups in total. The summed E-state index contributed by atoms with van der Waals surface area (Å²) >= 11 is 0. The monoisotopic (exact) mass is 206 g/mol. The number of nitrogens with zero attached hydrogens (tertiary/aromatic N) is 2. The molecule has 0 bridgehead atoms. The Morgan fingerprint density at radius 1 is 1.06 bits per heavy atom. The summed E-state index contributed by atoms with van der Waals surface area (Å²) in [6.07, 6.45) is 3.91. The summed E-state index contributed by atoms with van der Waals surface area (Å²) in [5.74, 6) is 1.10. The van der Waals surface area contributed by atoms with Crippen LogP contribution in [0.1, 0.15) is 5.56 Å². The first-order valence-electron chi connectivity index (χ1n) is 5.45. The zero-order valence-corrected chi connectivity index (χ0v) is 8.72. The summed E-state index contributed by atoms with van der Waals surface area (Å²) in [6, 6.07) is 12.9. The highest BCUT2D eigenvalue weighted by molar-refractivity contribution is 5.92. The predicted octanol–water partition coefficient (Wildman–Crippen LogP) is 3.07. The van der Waals surface area contributed by atoms with Crippen molar-refractivity contribution in [1.82, 2.24) is 9.55 Å². The third-order valence-corrected chi connectivity index (χ3v) is 3.33. The molecule has 2 heterocycles. The minimum Gasteiger partial charge on any atom is -0.327 e. The minimum atomic E-state index is 0.950. The van der Waals surface area contributed by atoms with Crippen LogP contribution < -0.4 is 0 Å². The molecule has 3 aromatic rings. The maximum absolute atomic E-state index is 4.41. The van der Waals surface area contributed by atoms with E-state index in [2.05, 4.69) is 45.9 Å². The van der Waals surface area contributed by atoms with Gasteiger partial charge in [-0.15, -0.1) is 0 Å². The van der Waals surface area contributed by atoms with Gasteiger partial charge in [0.25, 0.3) is 0 Å². The molecule has 16 heavy (non-hydrogen) atoms. The standard InChI is InChI=1S/C14H10N2/c1-2-4-11-10(3-1)5-6-12-13(11)9-16-8-7-15-14(12)16/h1-8H,9H2. The van der Waals surface area contributed by atoms with Crippen molar-refractivity contribution in [3.8, 4) is 11.4 Å². The van der Waals surface area contributed by atoms with E-state index in [0.717, 1.165) is 12.4 Å². The molecule has 2 nitrogen and oxygen atoms in total. The Kier molecular flexibility index (Phi) is 1.38. The van der Waals surface area contributed by atoms with E-state index in [4.69, 9.17) is 0 Å². The lowest BCUT2D eigenvalue weighted by Gasteiger charge is -2.03. The summed E-state index contributed by atoms with van der Waals surface area (Å²) in [5, 5.41) is 2.66. The van der Waals surface area contributed by atoms with Gasteiger partial charge < -0.3 is 4.57 Å². The van der Waals surface area contributed by atoms with Gasteiger partial charge in [0, 0.05) is 18.0 Å². The third-order valence-electron chi connectivity index (χ3n) is 3.33. The van der Waals surface area contributed by atoms with Crippen molar-refractivity contribution in [2.45, 2.75) is 6.54 Å². The molecule has 2 heteroatoms. The first kappa shape index (κ1) is 8.11. The highest BCUT2D eigenvalue weighted by Gasteiger charge is 2.20. The van der Waals surface area contributed by atoms with E-state index in [9.17, 15) is 0 Å². The van der Waals surface area contributed by atoms with Crippen molar-refractivity contribution in [1.29, 1.82) is 0 Å². The van der Waals surface area contributed by atoms with Gasteiger partial charge in [-0.05, 0) is 16.3 Å². The summed E-state index contributed by atoms with van der Waals surface area (Å²) in [5.41, 5.74) is 2.69. The molecule has 1 aromatic heterocycles. The molecule has 4 rings (SSSR count). The van der Waals surface area contributed by atoms with E-state index in [1.54, 1.807) is 0 Å². The molecule has 0 unspecified atom stereocenters. The van der Waals surface area contributed by atoms with Gasteiger partial charge in [-0.3, -0.25) is 0 Å². The van der Waals surface area contributed by atoms with Crippen LogP contribution in [0, 0.1) is 0 Å². The number of fused-ring (bicyclic) bond motifs is 5. The van der Waals surface area contributed by atoms with Crippen molar-refractivity contribution in [2.24, 2.45) is 0 Å². The fraction of sp³-hybridized carbons (Fsp3) is 0.0714. The lowest BCUT2D eigenvalue weighted by molar-refractivity contribution is 0.852. The van der Waals surface area contributed by atoms with Crippen molar-refractivity contribution < 1.29 is 0 Å². The second kappa shape index (κ2) is 2.73. The van der Waals surface area contributed by atoms with Gasteiger partial charge in [-0.2, -0.15) is 0 Å². The van der Waals surface area contributed by atoms with Crippen LogP contribution >= 0.6 is 0 Å². The van der Waals surface area contributed by atoms with Crippen molar-refractivity contribution >= 4 is 10.8 Å². The van der Waals surface area contributed by atoms with E-state index in [-0.39, 0.29) is 0 Å². The van der Waals surface area contributed by atoms with Crippen LogP contribution in [0.25, 0.3) is 22.2 Å². The van der Waals surface area contributed by atoms with Gasteiger partial charge in [-0.25, -0.2) is 4.98 Å². The summed E-state index contributed by atoms with van der Waals surface area (Å²) in [4.78, 5) is 4.41. The van der Waals surface area contributed by atoms with Crippen molar-refractivity contribution in [3.05, 3.63) is 54.4 Å². The van der Waals surface area contributed by atoms with Crippen LogP contribution in [-0.2, 0) is 6.54 Å². The third kappa shape index (κ3) is 0.890. The second-order valence-electron chi connectivity index (χ2n) is 4.19. The maximum atomic E-state index is 4.41. The van der Waals surface area contributed by atoms with E-state index in [1.807, 2.05) is 12.4 Å². The van der Waals surface area contributed by atoms with Crippen LogP contribution in [0.15, 0.2) is 48.8 Å². The predicted molar refractivity (Wildman–Crippen MR) is 64.3 cm³/mol. The number of hydrogen-bond donors (Lipinski definition) is 0. The molecular formula is C14H10N2. The zero-order chi connectivity index (χ0) is 10.5. The van der Waals surface area contributed by atoms with Gasteiger partial charge in [0.1, 0.15) is 5.82 Å². The molecule has 0 spiro atoms. The number of benzene rings is 2. The number of aromatic nitrogens is 2. The molecule has 0 radical (unpaired) electrons. The molecule has 0 saturated heterocycles. The SMILES string of the molecule is c1ccc2c3c(ccc2c1)-c1nccn1C3. The second-order valence-corrected chi connectivity index (χ2v) is 4.19. The first-order valence-corrected chi connectivity index (χ1v) is 5.45. The summed E-state index contributed by atoms with van der Waals surface area (Å²) in [6.45, 7) is 0.950. The average molecular weight is 206 g/mol. The minimum absolute atomic E-state index is 0.950. The molecule has 0 atom stereocenters. The molecule has 1 aliphatic heterocycles. The average Bonchev–Trinajstić information content (AvgIpc) is 2.88. The lowest BCUT2D eigenvalue weighted by atomic mass is 10.0. The van der Waals surface area contributed by atoms with Crippen LogP contribution in [0.2, 0.25) is 0 Å². The fourth-order valence-electron chi connectivity index (χ4n) is 2.57. The zero-order valence-electron chi connectivity index (χ0n) is 8.72. The quantitative estimate of drug-likeness (QED) is 0.432. The highest BCUT2D eigenvalue weighted by Crippen LogP contribution is 2.35. The molecule has 0 saturated carbocycles. The summed E-state index contributed by atoms with van der Waals surface area (Å²) < 4.78 is 2.21. The molecule has 0 fully saturated rings. The molecule has 76 valence electrons. The first-order chi connectivity index (χ1) is 7.93.